The predicted octanol–water partition coefficient (Wildman–Crippen LogP) is 2.80. The van der Waals surface area contributed by atoms with Crippen LogP contribution in [0.1, 0.15) is 13.3 Å². The molecule has 1 aromatic rings. The van der Waals surface area contributed by atoms with Crippen LogP contribution in [0.15, 0.2) is 27.8 Å². The summed E-state index contributed by atoms with van der Waals surface area (Å²) in [6.45, 7) is 1.85. The van der Waals surface area contributed by atoms with Gasteiger partial charge in [0.1, 0.15) is 10.3 Å². The molecule has 14 heavy (non-hydrogen) atoms. The molecular weight excluding hydrogens is 266 g/mol. The maximum Gasteiger partial charge on any atom is 0.317 e. The van der Waals surface area contributed by atoms with Gasteiger partial charge in [-0.05, 0) is 34.5 Å². The first kappa shape index (κ1) is 11.5. The van der Waals surface area contributed by atoms with Crippen molar-refractivity contribution in [2.24, 2.45) is 0 Å². The first-order valence-electron chi connectivity index (χ1n) is 4.15. The molecular formula is C9H10BrNO2S. The van der Waals surface area contributed by atoms with E-state index in [1.807, 2.05) is 13.0 Å². The van der Waals surface area contributed by atoms with Gasteiger partial charge in [-0.25, -0.2) is 4.98 Å². The molecule has 0 aliphatic rings. The van der Waals surface area contributed by atoms with E-state index in [0.29, 0.717) is 6.42 Å². The molecule has 1 atom stereocenters. The van der Waals surface area contributed by atoms with Crippen molar-refractivity contribution < 1.29 is 9.90 Å². The lowest BCUT2D eigenvalue weighted by atomic mass is 10.3. The lowest BCUT2D eigenvalue weighted by Gasteiger charge is -2.09. The molecule has 0 spiro atoms. The summed E-state index contributed by atoms with van der Waals surface area (Å²) in [4.78, 5) is 14.9. The van der Waals surface area contributed by atoms with E-state index in [0.717, 1.165) is 9.50 Å². The van der Waals surface area contributed by atoms with E-state index in [2.05, 4.69) is 20.9 Å². The Hall–Kier alpha value is -0.550. The topological polar surface area (TPSA) is 50.2 Å². The lowest BCUT2D eigenvalue weighted by molar-refractivity contribution is -0.136. The van der Waals surface area contributed by atoms with Crippen molar-refractivity contribution in [3.8, 4) is 0 Å². The molecule has 0 aromatic carbocycles. The summed E-state index contributed by atoms with van der Waals surface area (Å²) in [5, 5.41) is 9.16. The molecule has 0 amide bonds. The normalized spacial score (nSPS) is 12.4. The Morgan fingerprint density at radius 1 is 1.79 bits per heavy atom. The first-order valence-corrected chi connectivity index (χ1v) is 5.82. The smallest absolute Gasteiger partial charge is 0.317 e. The van der Waals surface area contributed by atoms with Crippen LogP contribution in [0.4, 0.5) is 0 Å². The summed E-state index contributed by atoms with van der Waals surface area (Å²) >= 11 is 4.59. The van der Waals surface area contributed by atoms with Crippen LogP contribution in [0.2, 0.25) is 0 Å². The van der Waals surface area contributed by atoms with Crippen LogP contribution in [0.5, 0.6) is 0 Å². The number of thioether (sulfide) groups is 1. The number of hydrogen-bond donors (Lipinski definition) is 1. The molecule has 3 nitrogen and oxygen atoms in total. The Labute approximate surface area is 95.1 Å². The van der Waals surface area contributed by atoms with Gasteiger partial charge >= 0.3 is 5.97 Å². The van der Waals surface area contributed by atoms with E-state index in [-0.39, 0.29) is 0 Å². The summed E-state index contributed by atoms with van der Waals surface area (Å²) in [5.41, 5.74) is 0. The number of pyridine rings is 1. The quantitative estimate of drug-likeness (QED) is 0.859. The van der Waals surface area contributed by atoms with Crippen molar-refractivity contribution in [1.29, 1.82) is 0 Å². The van der Waals surface area contributed by atoms with Gasteiger partial charge in [-0.2, -0.15) is 0 Å². The van der Waals surface area contributed by atoms with E-state index in [1.165, 1.54) is 11.8 Å². The highest BCUT2D eigenvalue weighted by Crippen LogP contribution is 2.29. The molecule has 1 unspecified atom stereocenters. The first-order chi connectivity index (χ1) is 6.65. The average Bonchev–Trinajstić information content (AvgIpc) is 2.16. The molecule has 0 saturated heterocycles. The predicted molar refractivity (Wildman–Crippen MR) is 59.5 cm³/mol. The summed E-state index contributed by atoms with van der Waals surface area (Å²) < 4.78 is 0.838. The molecule has 0 radical (unpaired) electrons. The second kappa shape index (κ2) is 5.36. The molecule has 5 heteroatoms. The number of aliphatic carboxylic acids is 1. The third-order valence-electron chi connectivity index (χ3n) is 1.62. The van der Waals surface area contributed by atoms with E-state index >= 15 is 0 Å². The van der Waals surface area contributed by atoms with Gasteiger partial charge in [0, 0.05) is 10.7 Å². The Balaban J connectivity index is 2.77. The Morgan fingerprint density at radius 3 is 3.00 bits per heavy atom. The van der Waals surface area contributed by atoms with Crippen molar-refractivity contribution in [3.63, 3.8) is 0 Å². The summed E-state index contributed by atoms with van der Waals surface area (Å²) in [7, 11) is 0. The number of carbonyl (C=O) groups is 1. The van der Waals surface area contributed by atoms with Crippen molar-refractivity contribution in [2.75, 3.05) is 0 Å². The van der Waals surface area contributed by atoms with Gasteiger partial charge in [0.05, 0.1) is 0 Å². The standard InChI is InChI=1S/C9H10BrNO2S/c1-2-7(9(12)13)14-8-6(10)4-3-5-11-8/h3-5,7H,2H2,1H3,(H,12,13). The van der Waals surface area contributed by atoms with E-state index < -0.39 is 11.2 Å². The number of nitrogens with zero attached hydrogens (tertiary/aromatic N) is 1. The van der Waals surface area contributed by atoms with Gasteiger partial charge in [0.2, 0.25) is 0 Å². The summed E-state index contributed by atoms with van der Waals surface area (Å²) in [6.07, 6.45) is 2.24. The molecule has 1 aromatic heterocycles. The number of rotatable bonds is 4. The Morgan fingerprint density at radius 2 is 2.50 bits per heavy atom. The number of hydrogen-bond acceptors (Lipinski definition) is 3. The van der Waals surface area contributed by atoms with Crippen LogP contribution in [0.25, 0.3) is 0 Å². The van der Waals surface area contributed by atoms with Crippen LogP contribution >= 0.6 is 27.7 Å². The van der Waals surface area contributed by atoms with Crippen molar-refractivity contribution in [3.05, 3.63) is 22.8 Å². The van der Waals surface area contributed by atoms with Crippen LogP contribution < -0.4 is 0 Å². The van der Waals surface area contributed by atoms with E-state index in [1.54, 1.807) is 12.3 Å². The van der Waals surface area contributed by atoms with E-state index in [4.69, 9.17) is 5.11 Å². The zero-order valence-electron chi connectivity index (χ0n) is 7.61. The number of aromatic nitrogens is 1. The van der Waals surface area contributed by atoms with Gasteiger partial charge in [0.25, 0.3) is 0 Å². The molecule has 0 aliphatic carbocycles. The maximum atomic E-state index is 10.8. The minimum absolute atomic E-state index is 0.429. The van der Waals surface area contributed by atoms with Gasteiger partial charge in [-0.3, -0.25) is 4.79 Å². The molecule has 1 N–H and O–H groups in total. The zero-order valence-corrected chi connectivity index (χ0v) is 10.0. The lowest BCUT2D eigenvalue weighted by Crippen LogP contribution is -2.14. The molecule has 0 saturated carbocycles. The minimum Gasteiger partial charge on any atom is -0.480 e. The van der Waals surface area contributed by atoms with Crippen LogP contribution in [0.3, 0.4) is 0 Å². The average molecular weight is 276 g/mol. The highest BCUT2D eigenvalue weighted by molar-refractivity contribution is 9.10. The summed E-state index contributed by atoms with van der Waals surface area (Å²) in [6, 6.07) is 3.65. The van der Waals surface area contributed by atoms with Crippen LogP contribution in [-0.4, -0.2) is 21.3 Å². The summed E-state index contributed by atoms with van der Waals surface area (Å²) in [5.74, 6) is -0.796. The molecule has 1 rings (SSSR count). The van der Waals surface area contributed by atoms with E-state index in [9.17, 15) is 4.79 Å². The Kier molecular flexibility index (Phi) is 4.41. The van der Waals surface area contributed by atoms with Crippen LogP contribution in [-0.2, 0) is 4.79 Å². The molecule has 0 fully saturated rings. The molecule has 1 heterocycles. The zero-order chi connectivity index (χ0) is 10.6. The third kappa shape index (κ3) is 2.99. The third-order valence-corrected chi connectivity index (χ3v) is 3.90. The number of carboxylic acid groups (broad SMARTS) is 1. The van der Waals surface area contributed by atoms with Gasteiger partial charge < -0.3 is 5.11 Å². The fourth-order valence-corrected chi connectivity index (χ4v) is 2.28. The monoisotopic (exact) mass is 275 g/mol. The fourth-order valence-electron chi connectivity index (χ4n) is 0.901. The maximum absolute atomic E-state index is 10.8. The molecule has 76 valence electrons. The van der Waals surface area contributed by atoms with Gasteiger partial charge in [0.15, 0.2) is 0 Å². The second-order valence-corrected chi connectivity index (χ2v) is 4.69. The van der Waals surface area contributed by atoms with Crippen molar-refractivity contribution in [1.82, 2.24) is 4.98 Å². The second-order valence-electron chi connectivity index (χ2n) is 2.64. The van der Waals surface area contributed by atoms with Crippen molar-refractivity contribution in [2.45, 2.75) is 23.6 Å². The fraction of sp³-hybridized carbons (Fsp3) is 0.333. The Bertz CT molecular complexity index is 332. The van der Waals surface area contributed by atoms with Gasteiger partial charge in [-0.1, -0.05) is 18.7 Å². The highest BCUT2D eigenvalue weighted by Gasteiger charge is 2.18. The number of halogens is 1. The SMILES string of the molecule is CCC(Sc1ncccc1Br)C(=O)O. The molecule has 0 bridgehead atoms. The van der Waals surface area contributed by atoms with Crippen molar-refractivity contribution >= 4 is 33.7 Å². The minimum atomic E-state index is -0.796. The largest absolute Gasteiger partial charge is 0.480 e. The molecule has 0 aliphatic heterocycles. The van der Waals surface area contributed by atoms with Crippen LogP contribution in [0, 0.1) is 0 Å². The van der Waals surface area contributed by atoms with Gasteiger partial charge in [-0.15, -0.1) is 0 Å². The number of carboxylic acids is 1. The highest BCUT2D eigenvalue weighted by atomic mass is 79.9.